The molecule has 1 aliphatic carbocycles. The predicted molar refractivity (Wildman–Crippen MR) is 71.1 cm³/mol. The van der Waals surface area contributed by atoms with Gasteiger partial charge in [0.1, 0.15) is 5.03 Å². The second kappa shape index (κ2) is 5.67. The van der Waals surface area contributed by atoms with Crippen LogP contribution in [-0.4, -0.2) is 33.7 Å². The van der Waals surface area contributed by atoms with E-state index in [1.54, 1.807) is 37.4 Å². The highest BCUT2D eigenvalue weighted by Gasteiger charge is 2.40. The summed E-state index contributed by atoms with van der Waals surface area (Å²) < 4.78 is 0. The molecule has 1 saturated carbocycles. The third-order valence-electron chi connectivity index (χ3n) is 3.48. The van der Waals surface area contributed by atoms with Crippen molar-refractivity contribution in [3.8, 4) is 0 Å². The Labute approximate surface area is 111 Å². The predicted octanol–water partition coefficient (Wildman–Crippen LogP) is 0.955. The Balaban J connectivity index is 2.05. The zero-order valence-corrected chi connectivity index (χ0v) is 11.2. The standard InChI is InChI=1S/C12H18N4OS/c1-14-12(11(13)17)4-2-3-9(7-12)18-10-8-15-5-6-16-10/h5-6,8-9,14H,2-4,7H2,1H3,(H2,13,17). The number of carbonyl (C=O) groups is 1. The van der Waals surface area contributed by atoms with Gasteiger partial charge in [-0.3, -0.25) is 9.78 Å². The van der Waals surface area contributed by atoms with Crippen LogP contribution in [0, 0.1) is 0 Å². The maximum Gasteiger partial charge on any atom is 0.237 e. The summed E-state index contributed by atoms with van der Waals surface area (Å²) in [6.45, 7) is 0. The summed E-state index contributed by atoms with van der Waals surface area (Å²) in [4.78, 5) is 19.9. The van der Waals surface area contributed by atoms with Crippen molar-refractivity contribution in [2.45, 2.75) is 41.5 Å². The molecule has 1 aromatic heterocycles. The highest BCUT2D eigenvalue weighted by Crippen LogP contribution is 2.37. The van der Waals surface area contributed by atoms with Crippen LogP contribution in [0.4, 0.5) is 0 Å². The van der Waals surface area contributed by atoms with Crippen molar-refractivity contribution in [2.24, 2.45) is 5.73 Å². The molecule has 0 aromatic carbocycles. The fourth-order valence-corrected chi connectivity index (χ4v) is 3.65. The molecule has 5 nitrogen and oxygen atoms in total. The van der Waals surface area contributed by atoms with E-state index in [0.717, 1.165) is 30.7 Å². The summed E-state index contributed by atoms with van der Waals surface area (Å²) in [7, 11) is 1.81. The Hall–Kier alpha value is -1.14. The largest absolute Gasteiger partial charge is 0.368 e. The molecular weight excluding hydrogens is 248 g/mol. The second-order valence-corrected chi connectivity index (χ2v) is 5.90. The van der Waals surface area contributed by atoms with Crippen LogP contribution in [-0.2, 0) is 4.79 Å². The van der Waals surface area contributed by atoms with Crippen LogP contribution in [0.3, 0.4) is 0 Å². The monoisotopic (exact) mass is 266 g/mol. The molecule has 0 saturated heterocycles. The molecule has 0 radical (unpaired) electrons. The number of thioether (sulfide) groups is 1. The first-order valence-electron chi connectivity index (χ1n) is 6.08. The van der Waals surface area contributed by atoms with Crippen molar-refractivity contribution >= 4 is 17.7 Å². The third-order valence-corrected chi connectivity index (χ3v) is 4.67. The molecule has 2 rings (SSSR count). The summed E-state index contributed by atoms with van der Waals surface area (Å²) in [5.41, 5.74) is 4.97. The maximum absolute atomic E-state index is 11.6. The van der Waals surface area contributed by atoms with Crippen LogP contribution in [0.2, 0.25) is 0 Å². The number of nitrogens with two attached hydrogens (primary N) is 1. The first-order valence-corrected chi connectivity index (χ1v) is 6.96. The number of carbonyl (C=O) groups excluding carboxylic acids is 1. The lowest BCUT2D eigenvalue weighted by Crippen LogP contribution is -2.57. The van der Waals surface area contributed by atoms with Gasteiger partial charge in [0.2, 0.25) is 5.91 Å². The van der Waals surface area contributed by atoms with Gasteiger partial charge in [0.15, 0.2) is 0 Å². The average molecular weight is 266 g/mol. The number of nitrogens with zero attached hydrogens (tertiary/aromatic N) is 2. The van der Waals surface area contributed by atoms with Crippen molar-refractivity contribution in [3.05, 3.63) is 18.6 Å². The van der Waals surface area contributed by atoms with Crippen LogP contribution >= 0.6 is 11.8 Å². The van der Waals surface area contributed by atoms with Crippen LogP contribution in [0.1, 0.15) is 25.7 Å². The molecule has 98 valence electrons. The van der Waals surface area contributed by atoms with Gasteiger partial charge in [-0.2, -0.15) is 0 Å². The van der Waals surface area contributed by atoms with E-state index in [-0.39, 0.29) is 5.91 Å². The van der Waals surface area contributed by atoms with Crippen molar-refractivity contribution in [1.82, 2.24) is 15.3 Å². The lowest BCUT2D eigenvalue weighted by atomic mass is 9.81. The number of hydrogen-bond acceptors (Lipinski definition) is 5. The Morgan fingerprint density at radius 3 is 3.06 bits per heavy atom. The minimum absolute atomic E-state index is 0.255. The van der Waals surface area contributed by atoms with Crippen molar-refractivity contribution in [3.63, 3.8) is 0 Å². The number of rotatable bonds is 4. The number of primary amides is 1. The molecular formula is C12H18N4OS. The molecule has 1 fully saturated rings. The lowest BCUT2D eigenvalue weighted by Gasteiger charge is -2.37. The number of aromatic nitrogens is 2. The molecule has 0 spiro atoms. The highest BCUT2D eigenvalue weighted by atomic mass is 32.2. The Bertz CT molecular complexity index is 414. The van der Waals surface area contributed by atoms with Crippen LogP contribution in [0.5, 0.6) is 0 Å². The maximum atomic E-state index is 11.6. The second-order valence-electron chi connectivity index (χ2n) is 4.58. The van der Waals surface area contributed by atoms with Gasteiger partial charge < -0.3 is 11.1 Å². The molecule has 6 heteroatoms. The van der Waals surface area contributed by atoms with Crippen molar-refractivity contribution in [1.29, 1.82) is 0 Å². The van der Waals surface area contributed by atoms with E-state index < -0.39 is 5.54 Å². The zero-order valence-electron chi connectivity index (χ0n) is 10.4. The highest BCUT2D eigenvalue weighted by molar-refractivity contribution is 7.99. The van der Waals surface area contributed by atoms with E-state index in [0.29, 0.717) is 5.25 Å². The quantitative estimate of drug-likeness (QED) is 0.848. The molecule has 0 bridgehead atoms. The lowest BCUT2D eigenvalue weighted by molar-refractivity contribution is -0.125. The molecule has 1 aliphatic rings. The molecule has 18 heavy (non-hydrogen) atoms. The minimum atomic E-state index is -0.557. The molecule has 2 atom stereocenters. The first kappa shape index (κ1) is 13.3. The number of hydrogen-bond donors (Lipinski definition) is 2. The summed E-state index contributed by atoms with van der Waals surface area (Å²) >= 11 is 1.68. The van der Waals surface area contributed by atoms with E-state index in [2.05, 4.69) is 15.3 Å². The molecule has 1 heterocycles. The molecule has 1 aromatic rings. The van der Waals surface area contributed by atoms with Crippen molar-refractivity contribution in [2.75, 3.05) is 7.05 Å². The smallest absolute Gasteiger partial charge is 0.237 e. The van der Waals surface area contributed by atoms with Gasteiger partial charge in [-0.25, -0.2) is 4.98 Å². The molecule has 1 amide bonds. The van der Waals surface area contributed by atoms with Crippen LogP contribution in [0.15, 0.2) is 23.6 Å². The van der Waals surface area contributed by atoms with E-state index >= 15 is 0 Å². The van der Waals surface area contributed by atoms with Gasteiger partial charge in [0.25, 0.3) is 0 Å². The first-order chi connectivity index (χ1) is 8.66. The summed E-state index contributed by atoms with van der Waals surface area (Å²) in [6, 6.07) is 0. The zero-order chi connectivity index (χ0) is 13.0. The van der Waals surface area contributed by atoms with Gasteiger partial charge in [0, 0.05) is 17.6 Å². The number of likely N-dealkylation sites (N-methyl/N-ethyl adjacent to an activating group) is 1. The molecule has 2 unspecified atom stereocenters. The minimum Gasteiger partial charge on any atom is -0.368 e. The summed E-state index contributed by atoms with van der Waals surface area (Å²) in [5.74, 6) is -0.255. The van der Waals surface area contributed by atoms with E-state index in [1.807, 2.05) is 0 Å². The molecule has 3 N–H and O–H groups in total. The van der Waals surface area contributed by atoms with Gasteiger partial charge in [-0.15, -0.1) is 11.8 Å². The van der Waals surface area contributed by atoms with E-state index in [9.17, 15) is 4.79 Å². The Kier molecular flexibility index (Phi) is 4.19. The number of nitrogens with one attached hydrogen (secondary N) is 1. The van der Waals surface area contributed by atoms with Gasteiger partial charge in [0.05, 0.1) is 11.7 Å². The van der Waals surface area contributed by atoms with Gasteiger partial charge >= 0.3 is 0 Å². The van der Waals surface area contributed by atoms with E-state index in [1.165, 1.54) is 0 Å². The van der Waals surface area contributed by atoms with Crippen molar-refractivity contribution < 1.29 is 4.79 Å². The Morgan fingerprint density at radius 2 is 2.44 bits per heavy atom. The Morgan fingerprint density at radius 1 is 1.61 bits per heavy atom. The third kappa shape index (κ3) is 2.81. The number of amides is 1. The SMILES string of the molecule is CNC1(C(N)=O)CCCC(Sc2cnccn2)C1. The average Bonchev–Trinajstić information content (AvgIpc) is 2.40. The van der Waals surface area contributed by atoms with Gasteiger partial charge in [-0.1, -0.05) is 0 Å². The normalized spacial score (nSPS) is 27.9. The van der Waals surface area contributed by atoms with E-state index in [4.69, 9.17) is 5.73 Å². The fraction of sp³-hybridized carbons (Fsp3) is 0.583. The topological polar surface area (TPSA) is 80.9 Å². The summed E-state index contributed by atoms with van der Waals surface area (Å²) in [6.07, 6.45) is 8.75. The van der Waals surface area contributed by atoms with Gasteiger partial charge in [-0.05, 0) is 32.7 Å². The van der Waals surface area contributed by atoms with Crippen LogP contribution in [0.25, 0.3) is 0 Å². The molecule has 0 aliphatic heterocycles. The fourth-order valence-electron chi connectivity index (χ4n) is 2.42. The van der Waals surface area contributed by atoms with Crippen LogP contribution < -0.4 is 11.1 Å². The summed E-state index contributed by atoms with van der Waals surface area (Å²) in [5, 5.41) is 4.37.